The van der Waals surface area contributed by atoms with Gasteiger partial charge < -0.3 is 15.1 Å². The van der Waals surface area contributed by atoms with E-state index in [1.54, 1.807) is 11.3 Å². The molecule has 0 amide bonds. The molecule has 2 N–H and O–H groups in total. The van der Waals surface area contributed by atoms with E-state index in [1.165, 1.54) is 22.7 Å². The molecular formula is C20H32IN5OS. The molecule has 28 heavy (non-hydrogen) atoms. The van der Waals surface area contributed by atoms with E-state index in [4.69, 9.17) is 4.42 Å². The maximum Gasteiger partial charge on any atom is 0.191 e. The van der Waals surface area contributed by atoms with E-state index < -0.39 is 0 Å². The normalized spacial score (nSPS) is 16.1. The molecule has 1 aliphatic heterocycles. The third kappa shape index (κ3) is 6.18. The van der Waals surface area contributed by atoms with Crippen LogP contribution in [0.3, 0.4) is 0 Å². The van der Waals surface area contributed by atoms with E-state index in [9.17, 15) is 0 Å². The number of nitrogens with one attached hydrogen (secondary N) is 2. The molecule has 1 aliphatic rings. The Bertz CT molecular complexity index is 747. The third-order valence-corrected chi connectivity index (χ3v) is 6.19. The first-order chi connectivity index (χ1) is 13.1. The number of guanidine groups is 1. The molecule has 1 atom stereocenters. The summed E-state index contributed by atoms with van der Waals surface area (Å²) >= 11 is 1.78. The van der Waals surface area contributed by atoms with Crippen LogP contribution in [0.2, 0.25) is 0 Å². The Morgan fingerprint density at radius 2 is 2.00 bits per heavy atom. The summed E-state index contributed by atoms with van der Waals surface area (Å²) in [5.74, 6) is 2.82. The van der Waals surface area contributed by atoms with Crippen molar-refractivity contribution in [2.75, 3.05) is 33.2 Å². The minimum atomic E-state index is 0. The highest BCUT2D eigenvalue weighted by atomic mass is 127. The fourth-order valence-corrected chi connectivity index (χ4v) is 4.38. The first kappa shape index (κ1) is 23.2. The monoisotopic (exact) mass is 517 g/mol. The molecule has 3 heterocycles. The number of rotatable bonds is 7. The predicted octanol–water partition coefficient (Wildman–Crippen LogP) is 3.82. The molecular weight excluding hydrogens is 485 g/mol. The molecule has 0 radical (unpaired) electrons. The summed E-state index contributed by atoms with van der Waals surface area (Å²) < 4.78 is 5.93. The Morgan fingerprint density at radius 3 is 2.57 bits per heavy atom. The first-order valence-corrected chi connectivity index (χ1v) is 10.6. The van der Waals surface area contributed by atoms with Crippen LogP contribution >= 0.6 is 35.3 Å². The molecule has 0 aliphatic carbocycles. The van der Waals surface area contributed by atoms with Gasteiger partial charge in [0.15, 0.2) is 5.96 Å². The predicted molar refractivity (Wildman–Crippen MR) is 127 cm³/mol. The van der Waals surface area contributed by atoms with Gasteiger partial charge in [0.05, 0.1) is 16.7 Å². The number of aryl methyl sites for hydroxylation is 3. The van der Waals surface area contributed by atoms with Gasteiger partial charge in [0, 0.05) is 31.4 Å². The Hall–Kier alpha value is -1.13. The Morgan fingerprint density at radius 1 is 1.25 bits per heavy atom. The van der Waals surface area contributed by atoms with E-state index >= 15 is 0 Å². The maximum atomic E-state index is 5.93. The number of thiazole rings is 1. The van der Waals surface area contributed by atoms with E-state index in [-0.39, 0.29) is 30.0 Å². The lowest BCUT2D eigenvalue weighted by Gasteiger charge is -2.26. The molecule has 8 heteroatoms. The second-order valence-corrected chi connectivity index (χ2v) is 8.37. The van der Waals surface area contributed by atoms with Crippen molar-refractivity contribution in [3.8, 4) is 0 Å². The minimum Gasteiger partial charge on any atom is -0.465 e. The van der Waals surface area contributed by atoms with E-state index in [2.05, 4.69) is 45.4 Å². The van der Waals surface area contributed by atoms with Gasteiger partial charge in [-0.15, -0.1) is 35.3 Å². The summed E-state index contributed by atoms with van der Waals surface area (Å²) in [7, 11) is 1.81. The van der Waals surface area contributed by atoms with E-state index in [0.717, 1.165) is 55.8 Å². The number of nitrogens with zero attached hydrogens (tertiary/aromatic N) is 3. The fraction of sp³-hybridized carbons (Fsp3) is 0.600. The van der Waals surface area contributed by atoms with Gasteiger partial charge in [-0.2, -0.15) is 0 Å². The lowest BCUT2D eigenvalue weighted by molar-refractivity contribution is 0.213. The molecule has 6 nitrogen and oxygen atoms in total. The Kier molecular flexibility index (Phi) is 9.23. The summed E-state index contributed by atoms with van der Waals surface area (Å²) in [5, 5.41) is 8.06. The van der Waals surface area contributed by atoms with Crippen molar-refractivity contribution in [2.45, 2.75) is 46.1 Å². The highest BCUT2D eigenvalue weighted by molar-refractivity contribution is 14.0. The van der Waals surface area contributed by atoms with Crippen LogP contribution in [0, 0.1) is 20.8 Å². The van der Waals surface area contributed by atoms with Crippen molar-refractivity contribution in [3.05, 3.63) is 39.2 Å². The smallest absolute Gasteiger partial charge is 0.191 e. The summed E-state index contributed by atoms with van der Waals surface area (Å²) in [4.78, 5) is 12.8. The van der Waals surface area contributed by atoms with Crippen LogP contribution < -0.4 is 10.6 Å². The molecule has 0 aromatic carbocycles. The van der Waals surface area contributed by atoms with Gasteiger partial charge >= 0.3 is 0 Å². The topological polar surface area (TPSA) is 65.7 Å². The van der Waals surface area contributed by atoms with Crippen molar-refractivity contribution in [1.82, 2.24) is 20.5 Å². The van der Waals surface area contributed by atoms with Crippen molar-refractivity contribution >= 4 is 41.3 Å². The lowest BCUT2D eigenvalue weighted by atomic mass is 10.2. The molecule has 2 aromatic heterocycles. The van der Waals surface area contributed by atoms with Crippen LogP contribution in [0.5, 0.6) is 0 Å². The van der Waals surface area contributed by atoms with Gasteiger partial charge in [-0.3, -0.25) is 9.89 Å². The third-order valence-electron chi connectivity index (χ3n) is 5.06. The highest BCUT2D eigenvalue weighted by Crippen LogP contribution is 2.26. The van der Waals surface area contributed by atoms with Crippen LogP contribution in [0.1, 0.15) is 46.0 Å². The highest BCUT2D eigenvalue weighted by Gasteiger charge is 2.26. The van der Waals surface area contributed by atoms with Gasteiger partial charge in [-0.05, 0) is 58.8 Å². The molecule has 156 valence electrons. The van der Waals surface area contributed by atoms with Gasteiger partial charge in [0.1, 0.15) is 11.5 Å². The quantitative estimate of drug-likeness (QED) is 0.332. The summed E-state index contributed by atoms with van der Waals surface area (Å²) in [6, 6.07) is 4.39. The Labute approximate surface area is 189 Å². The summed E-state index contributed by atoms with van der Waals surface area (Å²) in [5.41, 5.74) is 1.14. The zero-order valence-corrected chi connectivity index (χ0v) is 20.4. The number of hydrogen-bond donors (Lipinski definition) is 2. The second-order valence-electron chi connectivity index (χ2n) is 7.09. The zero-order valence-electron chi connectivity index (χ0n) is 17.2. The summed E-state index contributed by atoms with van der Waals surface area (Å²) in [6.45, 7) is 10.0. The molecule has 3 rings (SSSR count). The molecule has 1 fully saturated rings. The molecule has 2 aromatic rings. The lowest BCUT2D eigenvalue weighted by Crippen LogP contribution is -2.43. The van der Waals surface area contributed by atoms with Crippen molar-refractivity contribution in [3.63, 3.8) is 0 Å². The van der Waals surface area contributed by atoms with Crippen LogP contribution in [-0.2, 0) is 6.42 Å². The SMILES string of the molecule is CN=C(NCCc1nc(C)c(C)s1)NCC(c1ccc(C)o1)N1CCCC1.I. The van der Waals surface area contributed by atoms with Gasteiger partial charge in [0.2, 0.25) is 0 Å². The average molecular weight is 517 g/mol. The molecule has 1 saturated heterocycles. The number of hydrogen-bond acceptors (Lipinski definition) is 5. The largest absolute Gasteiger partial charge is 0.465 e. The number of likely N-dealkylation sites (tertiary alicyclic amines) is 1. The van der Waals surface area contributed by atoms with Crippen LogP contribution in [0.4, 0.5) is 0 Å². The maximum absolute atomic E-state index is 5.93. The number of aliphatic imine (C=N–C) groups is 1. The van der Waals surface area contributed by atoms with E-state index in [0.29, 0.717) is 0 Å². The molecule has 0 saturated carbocycles. The van der Waals surface area contributed by atoms with Gasteiger partial charge in [0.25, 0.3) is 0 Å². The van der Waals surface area contributed by atoms with Crippen LogP contribution in [0.15, 0.2) is 21.5 Å². The zero-order chi connectivity index (χ0) is 19.2. The van der Waals surface area contributed by atoms with Crippen molar-refractivity contribution in [1.29, 1.82) is 0 Å². The van der Waals surface area contributed by atoms with Crippen LogP contribution in [-0.4, -0.2) is 49.1 Å². The molecule has 0 spiro atoms. The van der Waals surface area contributed by atoms with Crippen LogP contribution in [0.25, 0.3) is 0 Å². The summed E-state index contributed by atoms with van der Waals surface area (Å²) in [6.07, 6.45) is 3.43. The first-order valence-electron chi connectivity index (χ1n) is 9.74. The fourth-order valence-electron chi connectivity index (χ4n) is 3.44. The average Bonchev–Trinajstić information content (AvgIpc) is 3.38. The number of aromatic nitrogens is 1. The second kappa shape index (κ2) is 11.2. The van der Waals surface area contributed by atoms with E-state index in [1.807, 2.05) is 20.0 Å². The van der Waals surface area contributed by atoms with Gasteiger partial charge in [-0.25, -0.2) is 4.98 Å². The molecule has 0 bridgehead atoms. The number of furan rings is 1. The standard InChI is InChI=1S/C20H31N5OS.HI/c1-14-7-8-18(26-14)17(25-11-5-6-12-25)13-23-20(21-4)22-10-9-19-24-15(2)16(3)27-19;/h7-8,17H,5-6,9-13H2,1-4H3,(H2,21,22,23);1H. The van der Waals surface area contributed by atoms with Crippen molar-refractivity contribution in [2.24, 2.45) is 4.99 Å². The Balaban J connectivity index is 0.00000280. The van der Waals surface area contributed by atoms with Gasteiger partial charge in [-0.1, -0.05) is 0 Å². The number of halogens is 1. The minimum absolute atomic E-state index is 0. The molecule has 1 unspecified atom stereocenters. The van der Waals surface area contributed by atoms with Crippen molar-refractivity contribution < 1.29 is 4.42 Å².